The number of piperidine rings is 1. The number of methoxy groups -OCH3 is 1. The van der Waals surface area contributed by atoms with Crippen LogP contribution in [0.5, 0.6) is 11.5 Å². The zero-order chi connectivity index (χ0) is 15.4. The molecule has 2 aliphatic heterocycles. The molecule has 2 fully saturated rings. The van der Waals surface area contributed by atoms with E-state index >= 15 is 0 Å². The Labute approximate surface area is 132 Å². The zero-order valence-corrected chi connectivity index (χ0v) is 13.5. The van der Waals surface area contributed by atoms with Gasteiger partial charge in [0.1, 0.15) is 6.10 Å². The van der Waals surface area contributed by atoms with E-state index in [1.165, 1.54) is 6.42 Å². The van der Waals surface area contributed by atoms with Gasteiger partial charge in [0.25, 0.3) is 0 Å². The fourth-order valence-corrected chi connectivity index (χ4v) is 3.16. The summed E-state index contributed by atoms with van der Waals surface area (Å²) >= 11 is 0. The highest BCUT2D eigenvalue weighted by Crippen LogP contribution is 2.33. The molecule has 0 aliphatic carbocycles. The number of rotatable bonds is 4. The average molecular weight is 306 g/mol. The molecule has 22 heavy (non-hydrogen) atoms. The van der Waals surface area contributed by atoms with Gasteiger partial charge < -0.3 is 24.4 Å². The van der Waals surface area contributed by atoms with Gasteiger partial charge in [0.2, 0.25) is 0 Å². The third kappa shape index (κ3) is 3.72. The number of likely N-dealkylation sites (N-methyl/N-ethyl adjacent to an activating group) is 1. The van der Waals surface area contributed by atoms with Gasteiger partial charge in [0.05, 0.1) is 19.8 Å². The molecule has 0 radical (unpaired) electrons. The van der Waals surface area contributed by atoms with E-state index in [0.29, 0.717) is 0 Å². The lowest BCUT2D eigenvalue weighted by Crippen LogP contribution is -2.38. The highest BCUT2D eigenvalue weighted by Gasteiger charge is 2.22. The molecule has 3 rings (SSSR count). The molecule has 0 amide bonds. The SMILES string of the molecule is COc1cc(C2CNCCO2)ccc1OC1CCCN(C)C1. The van der Waals surface area contributed by atoms with Crippen molar-refractivity contribution in [1.82, 2.24) is 10.2 Å². The van der Waals surface area contributed by atoms with E-state index in [0.717, 1.165) is 56.3 Å². The molecule has 5 heteroatoms. The Morgan fingerprint density at radius 3 is 2.95 bits per heavy atom. The first-order valence-corrected chi connectivity index (χ1v) is 8.11. The van der Waals surface area contributed by atoms with Gasteiger partial charge >= 0.3 is 0 Å². The Hall–Kier alpha value is -1.30. The number of nitrogens with zero attached hydrogens (tertiary/aromatic N) is 1. The van der Waals surface area contributed by atoms with Gasteiger partial charge in [-0.2, -0.15) is 0 Å². The molecule has 2 atom stereocenters. The Morgan fingerprint density at radius 1 is 1.32 bits per heavy atom. The summed E-state index contributed by atoms with van der Waals surface area (Å²) in [6, 6.07) is 6.14. The van der Waals surface area contributed by atoms with Crippen molar-refractivity contribution < 1.29 is 14.2 Å². The standard InChI is InChI=1S/C17H26N2O3/c1-19-8-3-4-14(12-19)22-15-6-5-13(10-16(15)20-2)17-11-18-7-9-21-17/h5-6,10,14,17-18H,3-4,7-9,11-12H2,1-2H3. The molecular weight excluding hydrogens is 280 g/mol. The summed E-state index contributed by atoms with van der Waals surface area (Å²) in [4.78, 5) is 2.32. The molecule has 0 spiro atoms. The molecular formula is C17H26N2O3. The lowest BCUT2D eigenvalue weighted by molar-refractivity contribution is 0.0275. The van der Waals surface area contributed by atoms with Crippen molar-refractivity contribution in [3.05, 3.63) is 23.8 Å². The van der Waals surface area contributed by atoms with E-state index in [1.807, 2.05) is 12.1 Å². The maximum atomic E-state index is 6.17. The number of likely N-dealkylation sites (tertiary alicyclic amines) is 1. The molecule has 2 aliphatic rings. The van der Waals surface area contributed by atoms with Crippen molar-refractivity contribution in [2.24, 2.45) is 0 Å². The van der Waals surface area contributed by atoms with E-state index in [2.05, 4.69) is 23.3 Å². The van der Waals surface area contributed by atoms with Gasteiger partial charge in [-0.3, -0.25) is 0 Å². The van der Waals surface area contributed by atoms with Crippen molar-refractivity contribution in [3.63, 3.8) is 0 Å². The summed E-state index contributed by atoms with van der Waals surface area (Å²) in [5.41, 5.74) is 1.14. The van der Waals surface area contributed by atoms with E-state index in [4.69, 9.17) is 14.2 Å². The number of hydrogen-bond acceptors (Lipinski definition) is 5. The van der Waals surface area contributed by atoms with Crippen molar-refractivity contribution in [2.45, 2.75) is 25.0 Å². The molecule has 1 aromatic carbocycles. The van der Waals surface area contributed by atoms with Crippen LogP contribution in [0.3, 0.4) is 0 Å². The number of ether oxygens (including phenoxy) is 3. The Bertz CT molecular complexity index is 489. The minimum absolute atomic E-state index is 0.0949. The molecule has 0 aromatic heterocycles. The normalized spacial score (nSPS) is 26.6. The maximum Gasteiger partial charge on any atom is 0.161 e. The second-order valence-electron chi connectivity index (χ2n) is 6.12. The highest BCUT2D eigenvalue weighted by atomic mass is 16.5. The first-order chi connectivity index (χ1) is 10.8. The van der Waals surface area contributed by atoms with Gasteiger partial charge in [-0.25, -0.2) is 0 Å². The van der Waals surface area contributed by atoms with Crippen LogP contribution in [0.25, 0.3) is 0 Å². The second kappa shape index (κ2) is 7.31. The summed E-state index contributed by atoms with van der Waals surface area (Å²) in [5, 5.41) is 3.35. The smallest absolute Gasteiger partial charge is 0.161 e. The first-order valence-electron chi connectivity index (χ1n) is 8.11. The second-order valence-corrected chi connectivity index (χ2v) is 6.12. The lowest BCUT2D eigenvalue weighted by Gasteiger charge is -2.30. The van der Waals surface area contributed by atoms with E-state index in [9.17, 15) is 0 Å². The van der Waals surface area contributed by atoms with Gasteiger partial charge in [-0.1, -0.05) is 6.07 Å². The van der Waals surface area contributed by atoms with Crippen LogP contribution in [-0.2, 0) is 4.74 Å². The van der Waals surface area contributed by atoms with Crippen LogP contribution >= 0.6 is 0 Å². The zero-order valence-electron chi connectivity index (χ0n) is 13.5. The van der Waals surface area contributed by atoms with Crippen molar-refractivity contribution in [2.75, 3.05) is 46.9 Å². The fraction of sp³-hybridized carbons (Fsp3) is 0.647. The van der Waals surface area contributed by atoms with Crippen LogP contribution < -0.4 is 14.8 Å². The number of hydrogen-bond donors (Lipinski definition) is 1. The minimum Gasteiger partial charge on any atom is -0.493 e. The quantitative estimate of drug-likeness (QED) is 0.919. The Kier molecular flexibility index (Phi) is 5.18. The monoisotopic (exact) mass is 306 g/mol. The summed E-state index contributed by atoms with van der Waals surface area (Å²) in [6.07, 6.45) is 2.62. The number of morpholine rings is 1. The summed E-state index contributed by atoms with van der Waals surface area (Å²) in [5.74, 6) is 1.62. The predicted molar refractivity (Wildman–Crippen MR) is 85.7 cm³/mol. The van der Waals surface area contributed by atoms with E-state index < -0.39 is 0 Å². The molecule has 2 unspecified atom stereocenters. The maximum absolute atomic E-state index is 6.17. The Balaban J connectivity index is 1.71. The van der Waals surface area contributed by atoms with Crippen LogP contribution in [0.4, 0.5) is 0 Å². The van der Waals surface area contributed by atoms with Crippen molar-refractivity contribution in [3.8, 4) is 11.5 Å². The number of nitrogens with one attached hydrogen (secondary N) is 1. The molecule has 122 valence electrons. The van der Waals surface area contributed by atoms with Crippen LogP contribution in [-0.4, -0.2) is 57.9 Å². The van der Waals surface area contributed by atoms with Crippen LogP contribution in [0.15, 0.2) is 18.2 Å². The highest BCUT2D eigenvalue weighted by molar-refractivity contribution is 5.44. The van der Waals surface area contributed by atoms with Gasteiger partial charge in [-0.05, 0) is 44.1 Å². The summed E-state index contributed by atoms with van der Waals surface area (Å²) < 4.78 is 17.5. The third-order valence-electron chi connectivity index (χ3n) is 4.36. The molecule has 0 saturated carbocycles. The van der Waals surface area contributed by atoms with Crippen LogP contribution in [0.1, 0.15) is 24.5 Å². The summed E-state index contributed by atoms with van der Waals surface area (Å²) in [7, 11) is 3.84. The Morgan fingerprint density at radius 2 is 2.23 bits per heavy atom. The number of benzene rings is 1. The van der Waals surface area contributed by atoms with E-state index in [-0.39, 0.29) is 12.2 Å². The van der Waals surface area contributed by atoms with Crippen LogP contribution in [0.2, 0.25) is 0 Å². The first kappa shape index (κ1) is 15.6. The van der Waals surface area contributed by atoms with Gasteiger partial charge in [0.15, 0.2) is 11.5 Å². The molecule has 5 nitrogen and oxygen atoms in total. The predicted octanol–water partition coefficient (Wildman–Crippen LogP) is 1.83. The molecule has 0 bridgehead atoms. The fourth-order valence-electron chi connectivity index (χ4n) is 3.16. The van der Waals surface area contributed by atoms with Crippen molar-refractivity contribution in [1.29, 1.82) is 0 Å². The minimum atomic E-state index is 0.0949. The van der Waals surface area contributed by atoms with Crippen LogP contribution in [0, 0.1) is 0 Å². The average Bonchev–Trinajstić information content (AvgIpc) is 2.56. The van der Waals surface area contributed by atoms with Crippen molar-refractivity contribution >= 4 is 0 Å². The molecule has 2 saturated heterocycles. The summed E-state index contributed by atoms with van der Waals surface area (Å²) in [6.45, 7) is 4.64. The third-order valence-corrected chi connectivity index (χ3v) is 4.36. The molecule has 2 heterocycles. The molecule has 1 aromatic rings. The topological polar surface area (TPSA) is 43.0 Å². The largest absolute Gasteiger partial charge is 0.493 e. The molecule has 1 N–H and O–H groups in total. The van der Waals surface area contributed by atoms with Gasteiger partial charge in [0, 0.05) is 19.6 Å². The van der Waals surface area contributed by atoms with E-state index in [1.54, 1.807) is 7.11 Å². The van der Waals surface area contributed by atoms with Gasteiger partial charge in [-0.15, -0.1) is 0 Å². The lowest BCUT2D eigenvalue weighted by atomic mass is 10.1.